The zero-order valence-corrected chi connectivity index (χ0v) is 20.4. The summed E-state index contributed by atoms with van der Waals surface area (Å²) in [6.45, 7) is 8.21. The number of ether oxygens (including phenoxy) is 2. The number of alkyl halides is 3. The number of amides is 1. The van der Waals surface area contributed by atoms with E-state index in [1.54, 1.807) is 6.92 Å². The molecule has 0 spiro atoms. The molecular formula is C22H30BrF3N2O4. The number of halogens is 4. The number of hydrogen-bond acceptors (Lipinski definition) is 5. The molecule has 1 saturated heterocycles. The molecule has 0 bridgehead atoms. The van der Waals surface area contributed by atoms with Crippen LogP contribution in [0.15, 0.2) is 16.6 Å². The van der Waals surface area contributed by atoms with Crippen molar-refractivity contribution < 1.29 is 32.2 Å². The molecule has 1 fully saturated rings. The number of nitrogens with one attached hydrogen (secondary N) is 1. The van der Waals surface area contributed by atoms with E-state index in [0.29, 0.717) is 25.9 Å². The Morgan fingerprint density at radius 3 is 2.53 bits per heavy atom. The molecule has 0 aliphatic carbocycles. The molecular weight excluding hydrogens is 493 g/mol. The highest BCUT2D eigenvalue weighted by Gasteiger charge is 2.36. The average Bonchev–Trinajstić information content (AvgIpc) is 2.68. The van der Waals surface area contributed by atoms with Crippen molar-refractivity contribution in [3.05, 3.63) is 33.3 Å². The molecule has 1 aliphatic rings. The normalized spacial score (nSPS) is 17.7. The minimum Gasteiger partial charge on any atom is -0.462 e. The van der Waals surface area contributed by atoms with Crippen molar-refractivity contribution in [1.29, 1.82) is 0 Å². The van der Waals surface area contributed by atoms with Gasteiger partial charge in [0.05, 0.1) is 17.7 Å². The predicted octanol–water partition coefficient (Wildman–Crippen LogP) is 5.52. The molecule has 1 aromatic carbocycles. The summed E-state index contributed by atoms with van der Waals surface area (Å²) in [6.07, 6.45) is -3.06. The Hall–Kier alpha value is -1.81. The van der Waals surface area contributed by atoms with Gasteiger partial charge in [0.1, 0.15) is 5.60 Å². The minimum absolute atomic E-state index is 0.0201. The average molecular weight is 523 g/mol. The number of esters is 1. The van der Waals surface area contributed by atoms with Crippen LogP contribution in [-0.4, -0.2) is 48.3 Å². The number of alkyl carbamates (subject to hydrolysis) is 1. The summed E-state index contributed by atoms with van der Waals surface area (Å²) in [6, 6.07) is 1.96. The SMILES string of the molecule is CCOC(=O)c1cc(Br)c(CN2CCC[C@H](NC(=O)OC(C)(C)CC)C2)c(C(F)(F)F)c1. The maximum Gasteiger partial charge on any atom is 0.416 e. The number of rotatable bonds is 7. The molecule has 0 saturated carbocycles. The molecule has 0 aromatic heterocycles. The molecule has 1 aromatic rings. The Morgan fingerprint density at radius 2 is 1.94 bits per heavy atom. The van der Waals surface area contributed by atoms with Crippen LogP contribution in [0, 0.1) is 0 Å². The molecule has 180 valence electrons. The number of nitrogens with zero attached hydrogens (tertiary/aromatic N) is 1. The van der Waals surface area contributed by atoms with E-state index in [4.69, 9.17) is 9.47 Å². The van der Waals surface area contributed by atoms with Gasteiger partial charge in [0.25, 0.3) is 0 Å². The molecule has 1 aliphatic heterocycles. The van der Waals surface area contributed by atoms with Crippen molar-refractivity contribution in [3.63, 3.8) is 0 Å². The maximum absolute atomic E-state index is 13.8. The van der Waals surface area contributed by atoms with Crippen LogP contribution in [0.1, 0.15) is 68.4 Å². The lowest BCUT2D eigenvalue weighted by molar-refractivity contribution is -0.138. The van der Waals surface area contributed by atoms with E-state index in [0.717, 1.165) is 12.5 Å². The lowest BCUT2D eigenvalue weighted by atomic mass is 10.0. The third-order valence-electron chi connectivity index (χ3n) is 5.44. The predicted molar refractivity (Wildman–Crippen MR) is 117 cm³/mol. The van der Waals surface area contributed by atoms with Gasteiger partial charge in [0.2, 0.25) is 0 Å². The first-order valence-corrected chi connectivity index (χ1v) is 11.4. The van der Waals surface area contributed by atoms with Gasteiger partial charge in [-0.3, -0.25) is 4.90 Å². The molecule has 1 atom stereocenters. The molecule has 0 radical (unpaired) electrons. The number of carbonyl (C=O) groups excluding carboxylic acids is 2. The second-order valence-electron chi connectivity index (χ2n) is 8.42. The zero-order valence-electron chi connectivity index (χ0n) is 18.8. The van der Waals surface area contributed by atoms with E-state index < -0.39 is 29.4 Å². The maximum atomic E-state index is 13.8. The quantitative estimate of drug-likeness (QED) is 0.477. The smallest absolute Gasteiger partial charge is 0.416 e. The monoisotopic (exact) mass is 522 g/mol. The van der Waals surface area contributed by atoms with Crippen LogP contribution in [-0.2, 0) is 22.2 Å². The fourth-order valence-corrected chi connectivity index (χ4v) is 4.03. The van der Waals surface area contributed by atoms with Gasteiger partial charge in [-0.1, -0.05) is 22.9 Å². The Balaban J connectivity index is 2.17. The van der Waals surface area contributed by atoms with Crippen molar-refractivity contribution in [2.24, 2.45) is 0 Å². The first-order valence-electron chi connectivity index (χ1n) is 10.6. The largest absolute Gasteiger partial charge is 0.462 e. The molecule has 10 heteroatoms. The van der Waals surface area contributed by atoms with Gasteiger partial charge in [-0.2, -0.15) is 13.2 Å². The van der Waals surface area contributed by atoms with E-state index >= 15 is 0 Å². The highest BCUT2D eigenvalue weighted by Crippen LogP contribution is 2.37. The van der Waals surface area contributed by atoms with Gasteiger partial charge >= 0.3 is 18.2 Å². The molecule has 0 unspecified atom stereocenters. The second-order valence-corrected chi connectivity index (χ2v) is 9.28. The Bertz CT molecular complexity index is 830. The summed E-state index contributed by atoms with van der Waals surface area (Å²) >= 11 is 3.21. The second kappa shape index (κ2) is 10.9. The molecule has 6 nitrogen and oxygen atoms in total. The number of benzene rings is 1. The van der Waals surface area contributed by atoms with Crippen LogP contribution >= 0.6 is 15.9 Å². The van der Waals surface area contributed by atoms with E-state index in [9.17, 15) is 22.8 Å². The van der Waals surface area contributed by atoms with E-state index in [1.165, 1.54) is 6.07 Å². The van der Waals surface area contributed by atoms with E-state index in [1.807, 2.05) is 25.7 Å². The summed E-state index contributed by atoms with van der Waals surface area (Å²) in [5.74, 6) is -0.805. The molecule has 1 heterocycles. The topological polar surface area (TPSA) is 67.9 Å². The highest BCUT2D eigenvalue weighted by molar-refractivity contribution is 9.10. The van der Waals surface area contributed by atoms with Crippen molar-refractivity contribution in [2.45, 2.75) is 71.3 Å². The fraction of sp³-hybridized carbons (Fsp3) is 0.636. The first kappa shape index (κ1) is 26.4. The van der Waals surface area contributed by atoms with Crippen LogP contribution in [0.5, 0.6) is 0 Å². The summed E-state index contributed by atoms with van der Waals surface area (Å²) in [5.41, 5.74) is -1.59. The molecule has 1 amide bonds. The van der Waals surface area contributed by atoms with Crippen LogP contribution < -0.4 is 5.32 Å². The molecule has 1 N–H and O–H groups in total. The van der Waals surface area contributed by atoms with Gasteiger partial charge in [-0.25, -0.2) is 9.59 Å². The van der Waals surface area contributed by atoms with Crippen molar-refractivity contribution in [2.75, 3.05) is 19.7 Å². The van der Waals surface area contributed by atoms with Crippen LogP contribution in [0.4, 0.5) is 18.0 Å². The van der Waals surface area contributed by atoms with Crippen molar-refractivity contribution in [3.8, 4) is 0 Å². The lowest BCUT2D eigenvalue weighted by Gasteiger charge is -2.34. The van der Waals surface area contributed by atoms with Gasteiger partial charge < -0.3 is 14.8 Å². The standard InChI is InChI=1S/C22H30BrF3N2O4/c1-5-21(3,4)32-20(30)27-15-8-7-9-28(12-15)13-16-17(22(24,25)26)10-14(11-18(16)23)19(29)31-6-2/h10-11,15H,5-9,12-13H2,1-4H3,(H,27,30)/t15-/m0/s1. The van der Waals surface area contributed by atoms with Gasteiger partial charge in [0.15, 0.2) is 0 Å². The summed E-state index contributed by atoms with van der Waals surface area (Å²) < 4.78 is 51.8. The van der Waals surface area contributed by atoms with Crippen molar-refractivity contribution in [1.82, 2.24) is 10.2 Å². The van der Waals surface area contributed by atoms with Crippen molar-refractivity contribution >= 4 is 28.0 Å². The first-order chi connectivity index (χ1) is 14.9. The van der Waals surface area contributed by atoms with E-state index in [2.05, 4.69) is 21.2 Å². The van der Waals surface area contributed by atoms with Crippen LogP contribution in [0.3, 0.4) is 0 Å². The summed E-state index contributed by atoms with van der Waals surface area (Å²) in [7, 11) is 0. The molecule has 32 heavy (non-hydrogen) atoms. The van der Waals surface area contributed by atoms with Crippen LogP contribution in [0.2, 0.25) is 0 Å². The molecule has 2 rings (SSSR count). The zero-order chi connectivity index (χ0) is 24.1. The van der Waals surface area contributed by atoms with Gasteiger partial charge in [-0.05, 0) is 64.3 Å². The highest BCUT2D eigenvalue weighted by atomic mass is 79.9. The Morgan fingerprint density at radius 1 is 1.25 bits per heavy atom. The number of carbonyl (C=O) groups is 2. The Labute approximate surface area is 194 Å². The summed E-state index contributed by atoms with van der Waals surface area (Å²) in [4.78, 5) is 26.0. The van der Waals surface area contributed by atoms with Gasteiger partial charge in [0, 0.05) is 23.6 Å². The third kappa shape index (κ3) is 7.37. The van der Waals surface area contributed by atoms with Crippen LogP contribution in [0.25, 0.3) is 0 Å². The fourth-order valence-electron chi connectivity index (χ4n) is 3.44. The minimum atomic E-state index is -4.64. The Kier molecular flexibility index (Phi) is 8.98. The third-order valence-corrected chi connectivity index (χ3v) is 6.15. The number of likely N-dealkylation sites (tertiary alicyclic amines) is 1. The lowest BCUT2D eigenvalue weighted by Crippen LogP contribution is -2.48. The van der Waals surface area contributed by atoms with E-state index in [-0.39, 0.29) is 34.8 Å². The number of hydrogen-bond donors (Lipinski definition) is 1. The number of piperidine rings is 1. The summed E-state index contributed by atoms with van der Waals surface area (Å²) in [5, 5.41) is 2.82. The van der Waals surface area contributed by atoms with Gasteiger partial charge in [-0.15, -0.1) is 0 Å².